The first-order valence-electron chi connectivity index (χ1n) is 12.4. The maximum atomic E-state index is 13.0. The molecular formula is C29H29N5O4. The zero-order valence-corrected chi connectivity index (χ0v) is 21.4. The van der Waals surface area contributed by atoms with Crippen LogP contribution in [0.2, 0.25) is 0 Å². The van der Waals surface area contributed by atoms with E-state index in [1.165, 1.54) is 6.08 Å². The first kappa shape index (κ1) is 25.1. The number of para-hydroxylation sites is 1. The topological polar surface area (TPSA) is 117 Å². The molecule has 5 rings (SSSR count). The number of nitrogens with zero attached hydrogens (tertiary/aromatic N) is 1. The quantitative estimate of drug-likeness (QED) is 0.298. The van der Waals surface area contributed by atoms with Crippen LogP contribution in [-0.2, 0) is 16.0 Å². The number of amides is 2. The van der Waals surface area contributed by atoms with E-state index in [1.807, 2.05) is 31.2 Å². The van der Waals surface area contributed by atoms with Crippen LogP contribution in [0.4, 0.5) is 11.4 Å². The van der Waals surface area contributed by atoms with Crippen LogP contribution in [0.25, 0.3) is 11.3 Å². The minimum atomic E-state index is -0.816. The molecule has 1 aromatic carbocycles. The van der Waals surface area contributed by atoms with Gasteiger partial charge in [0, 0.05) is 43.0 Å². The highest BCUT2D eigenvalue weighted by Crippen LogP contribution is 2.40. The van der Waals surface area contributed by atoms with Gasteiger partial charge in [0.2, 0.25) is 5.91 Å². The third kappa shape index (κ3) is 4.74. The number of fused-ring (bicyclic) bond motifs is 1. The van der Waals surface area contributed by atoms with E-state index in [0.717, 1.165) is 22.5 Å². The van der Waals surface area contributed by atoms with E-state index < -0.39 is 5.54 Å². The molecule has 1 atom stereocenters. The Morgan fingerprint density at radius 3 is 2.97 bits per heavy atom. The van der Waals surface area contributed by atoms with Gasteiger partial charge in [0.25, 0.3) is 5.91 Å². The normalized spacial score (nSPS) is 18.0. The van der Waals surface area contributed by atoms with E-state index >= 15 is 0 Å². The number of hydrogen-bond acceptors (Lipinski definition) is 6. The second-order valence-electron chi connectivity index (χ2n) is 9.26. The summed E-state index contributed by atoms with van der Waals surface area (Å²) in [4.78, 5) is 32.9. The molecule has 0 spiro atoms. The molecule has 0 aliphatic carbocycles. The number of nitrogens with one attached hydrogen (secondary N) is 4. The fraction of sp³-hybridized carbons (Fsp3) is 0.276. The average Bonchev–Trinajstić information content (AvgIpc) is 3.53. The van der Waals surface area contributed by atoms with E-state index in [9.17, 15) is 9.59 Å². The molecule has 194 valence electrons. The number of hydrogen-bond donors (Lipinski definition) is 4. The maximum absolute atomic E-state index is 13.0. The number of anilines is 2. The number of aromatic amines is 1. The third-order valence-electron chi connectivity index (χ3n) is 6.74. The summed E-state index contributed by atoms with van der Waals surface area (Å²) in [5.41, 5.74) is 5.06. The highest BCUT2D eigenvalue weighted by molar-refractivity contribution is 6.06. The molecule has 1 saturated heterocycles. The predicted octanol–water partition coefficient (Wildman–Crippen LogP) is 3.24. The van der Waals surface area contributed by atoms with Crippen LogP contribution in [0.3, 0.4) is 0 Å². The first-order chi connectivity index (χ1) is 18.4. The smallest absolute Gasteiger partial charge is 0.255 e. The third-order valence-corrected chi connectivity index (χ3v) is 6.74. The van der Waals surface area contributed by atoms with Gasteiger partial charge in [-0.25, -0.2) is 0 Å². The largest absolute Gasteiger partial charge is 0.494 e. The number of H-pyrrole nitrogens is 1. The molecule has 1 fully saturated rings. The maximum Gasteiger partial charge on any atom is 0.255 e. The number of ether oxygens (including phenoxy) is 2. The minimum absolute atomic E-state index is 0.154. The molecule has 2 aromatic heterocycles. The molecule has 0 saturated carbocycles. The van der Waals surface area contributed by atoms with Crippen LogP contribution in [0.15, 0.2) is 49.3 Å². The van der Waals surface area contributed by atoms with Crippen molar-refractivity contribution in [3.05, 3.63) is 71.7 Å². The van der Waals surface area contributed by atoms with E-state index in [-0.39, 0.29) is 18.4 Å². The van der Waals surface area contributed by atoms with Gasteiger partial charge in [-0.05, 0) is 30.7 Å². The van der Waals surface area contributed by atoms with Crippen molar-refractivity contribution in [2.45, 2.75) is 25.3 Å². The lowest BCUT2D eigenvalue weighted by Gasteiger charge is -2.21. The fourth-order valence-corrected chi connectivity index (χ4v) is 4.84. The van der Waals surface area contributed by atoms with E-state index in [0.29, 0.717) is 54.3 Å². The molecular weight excluding hydrogens is 482 g/mol. The molecule has 2 amide bonds. The number of methoxy groups -OCH3 is 1. The lowest BCUT2D eigenvalue weighted by Crippen LogP contribution is -2.47. The number of rotatable bonds is 6. The molecule has 38 heavy (non-hydrogen) atoms. The van der Waals surface area contributed by atoms with Gasteiger partial charge in [0.15, 0.2) is 0 Å². The Morgan fingerprint density at radius 2 is 2.21 bits per heavy atom. The highest BCUT2D eigenvalue weighted by Gasteiger charge is 2.34. The van der Waals surface area contributed by atoms with Crippen LogP contribution in [0.5, 0.6) is 5.75 Å². The molecule has 9 heteroatoms. The number of benzene rings is 1. The molecule has 3 aromatic rings. The summed E-state index contributed by atoms with van der Waals surface area (Å²) in [5.74, 6) is 6.68. The summed E-state index contributed by atoms with van der Waals surface area (Å²) < 4.78 is 11.2. The zero-order valence-electron chi connectivity index (χ0n) is 21.4. The van der Waals surface area contributed by atoms with E-state index in [4.69, 9.17) is 9.47 Å². The fourth-order valence-electron chi connectivity index (χ4n) is 4.84. The van der Waals surface area contributed by atoms with Gasteiger partial charge in [-0.2, -0.15) is 0 Å². The average molecular weight is 512 g/mol. The second-order valence-corrected chi connectivity index (χ2v) is 9.26. The van der Waals surface area contributed by atoms with Gasteiger partial charge in [-0.1, -0.05) is 30.6 Å². The van der Waals surface area contributed by atoms with Gasteiger partial charge in [0.1, 0.15) is 11.3 Å². The Balaban J connectivity index is 1.63. The first-order valence-corrected chi connectivity index (χ1v) is 12.4. The van der Waals surface area contributed by atoms with Crippen molar-refractivity contribution in [1.29, 1.82) is 0 Å². The van der Waals surface area contributed by atoms with Gasteiger partial charge in [-0.15, -0.1) is 0 Å². The number of aryl methyl sites for hydroxylation is 1. The zero-order chi connectivity index (χ0) is 26.7. The lowest BCUT2D eigenvalue weighted by atomic mass is 9.97. The number of aromatic nitrogens is 2. The van der Waals surface area contributed by atoms with Crippen LogP contribution in [0, 0.1) is 18.8 Å². The Labute approximate surface area is 221 Å². The predicted molar refractivity (Wildman–Crippen MR) is 144 cm³/mol. The summed E-state index contributed by atoms with van der Waals surface area (Å²) in [7, 11) is 1.62. The van der Waals surface area contributed by atoms with E-state index in [2.05, 4.69) is 44.3 Å². The van der Waals surface area contributed by atoms with Crippen molar-refractivity contribution < 1.29 is 19.1 Å². The molecule has 4 N–H and O–H groups in total. The molecule has 4 heterocycles. The minimum Gasteiger partial charge on any atom is -0.494 e. The van der Waals surface area contributed by atoms with Crippen LogP contribution in [0.1, 0.15) is 33.6 Å². The van der Waals surface area contributed by atoms with Gasteiger partial charge < -0.3 is 30.4 Å². The Kier molecular flexibility index (Phi) is 6.90. The standard InChI is InChI=1S/C29H29N5O4/c1-4-23(35)34-29(12-15-38-17-29)11-8-19-16-30-13-9-20(19)25-26(24-21(32-25)10-14-31-28(24)36)33-22-7-5-6-18(2)27(22)37-3/h4-7,9,13,16,32-33H,1,10,12,14-15,17H2,2-3H3,(H,31,36)(H,34,35)/t29-/m0/s1. The Bertz CT molecular complexity index is 1470. The summed E-state index contributed by atoms with van der Waals surface area (Å²) in [6, 6.07) is 7.67. The van der Waals surface area contributed by atoms with Crippen LogP contribution >= 0.6 is 0 Å². The number of carbonyl (C=O) groups is 2. The molecule has 9 nitrogen and oxygen atoms in total. The summed E-state index contributed by atoms with van der Waals surface area (Å²) in [6.07, 6.45) is 5.82. The SMILES string of the molecule is C=CC(=O)N[C@@]1(C#Cc2cnccc2-c2[nH]c3c(c2Nc2cccc(C)c2OC)C(=O)NCC3)CCOC1. The number of carbonyl (C=O) groups excluding carboxylic acids is 2. The number of pyridine rings is 1. The van der Waals surface area contributed by atoms with Crippen molar-refractivity contribution in [3.8, 4) is 28.8 Å². The van der Waals surface area contributed by atoms with Gasteiger partial charge in [-0.3, -0.25) is 14.6 Å². The Hall–Kier alpha value is -4.55. The van der Waals surface area contributed by atoms with Crippen LogP contribution < -0.4 is 20.7 Å². The van der Waals surface area contributed by atoms with Crippen molar-refractivity contribution >= 4 is 23.2 Å². The van der Waals surface area contributed by atoms with Gasteiger partial charge >= 0.3 is 0 Å². The molecule has 0 radical (unpaired) electrons. The summed E-state index contributed by atoms with van der Waals surface area (Å²) in [5, 5.41) is 9.32. The summed E-state index contributed by atoms with van der Waals surface area (Å²) >= 11 is 0. The van der Waals surface area contributed by atoms with Gasteiger partial charge in [0.05, 0.1) is 48.5 Å². The Morgan fingerprint density at radius 1 is 1.34 bits per heavy atom. The lowest BCUT2D eigenvalue weighted by molar-refractivity contribution is -0.117. The molecule has 2 aliphatic rings. The molecule has 0 unspecified atom stereocenters. The van der Waals surface area contributed by atoms with Crippen molar-refractivity contribution in [1.82, 2.24) is 20.6 Å². The monoisotopic (exact) mass is 511 g/mol. The van der Waals surface area contributed by atoms with Crippen molar-refractivity contribution in [2.75, 3.05) is 32.2 Å². The van der Waals surface area contributed by atoms with Crippen molar-refractivity contribution in [2.24, 2.45) is 0 Å². The highest BCUT2D eigenvalue weighted by atomic mass is 16.5. The molecule has 0 bridgehead atoms. The molecule has 2 aliphatic heterocycles. The van der Waals surface area contributed by atoms with Crippen LogP contribution in [-0.4, -0.2) is 54.2 Å². The summed E-state index contributed by atoms with van der Waals surface area (Å²) in [6.45, 7) is 6.84. The second kappa shape index (κ2) is 10.4. The van der Waals surface area contributed by atoms with Crippen molar-refractivity contribution in [3.63, 3.8) is 0 Å². The van der Waals surface area contributed by atoms with E-state index in [1.54, 1.807) is 19.5 Å².